The highest BCUT2D eigenvalue weighted by atomic mass is 32.1. The van der Waals surface area contributed by atoms with E-state index in [1.165, 1.54) is 4.88 Å². The Bertz CT molecular complexity index is 292. The van der Waals surface area contributed by atoms with Gasteiger partial charge < -0.3 is 15.3 Å². The van der Waals surface area contributed by atoms with Crippen LogP contribution in [0.5, 0.6) is 0 Å². The fraction of sp³-hybridized carbons (Fsp3) is 0.600. The van der Waals surface area contributed by atoms with Crippen LogP contribution in [0, 0.1) is 0 Å². The van der Waals surface area contributed by atoms with Gasteiger partial charge in [0.1, 0.15) is 6.10 Å². The van der Waals surface area contributed by atoms with Crippen LogP contribution in [0.15, 0.2) is 17.5 Å². The second-order valence-electron chi connectivity index (χ2n) is 3.90. The van der Waals surface area contributed by atoms with Crippen molar-refractivity contribution in [3.05, 3.63) is 22.4 Å². The number of aliphatic hydroxyl groups excluding tert-OH is 3. The Morgan fingerprint density at radius 1 is 1.27 bits per heavy atom. The summed E-state index contributed by atoms with van der Waals surface area (Å²) in [7, 11) is 0. The van der Waals surface area contributed by atoms with Crippen LogP contribution in [0.25, 0.3) is 0 Å². The number of thiophene rings is 1. The Morgan fingerprint density at radius 3 is 2.47 bits per heavy atom. The van der Waals surface area contributed by atoms with E-state index in [0.717, 1.165) is 6.54 Å². The van der Waals surface area contributed by atoms with E-state index in [-0.39, 0.29) is 0 Å². The largest absolute Gasteiger partial charge is 0.389 e. The first-order chi connectivity index (χ1) is 7.16. The van der Waals surface area contributed by atoms with Crippen molar-refractivity contribution in [2.24, 2.45) is 0 Å². The van der Waals surface area contributed by atoms with Gasteiger partial charge in [0.15, 0.2) is 0 Å². The second-order valence-corrected chi connectivity index (χ2v) is 4.93. The third-order valence-electron chi connectivity index (χ3n) is 2.64. The van der Waals surface area contributed by atoms with Crippen LogP contribution >= 0.6 is 11.3 Å². The highest BCUT2D eigenvalue weighted by molar-refractivity contribution is 7.09. The van der Waals surface area contributed by atoms with Gasteiger partial charge in [-0.15, -0.1) is 11.3 Å². The summed E-state index contributed by atoms with van der Waals surface area (Å²) in [5.74, 6) is 0. The molecule has 84 valence electrons. The van der Waals surface area contributed by atoms with Gasteiger partial charge in [-0.05, 0) is 11.4 Å². The Labute approximate surface area is 92.4 Å². The van der Waals surface area contributed by atoms with Crippen molar-refractivity contribution in [2.45, 2.75) is 24.9 Å². The molecule has 0 aromatic carbocycles. The summed E-state index contributed by atoms with van der Waals surface area (Å²) in [6.45, 7) is 1.55. The minimum absolute atomic E-state index is 0.413. The zero-order valence-corrected chi connectivity index (χ0v) is 9.10. The molecule has 0 radical (unpaired) electrons. The number of hydrogen-bond acceptors (Lipinski definition) is 5. The lowest BCUT2D eigenvalue weighted by Crippen LogP contribution is -2.54. The molecule has 0 aliphatic carbocycles. The van der Waals surface area contributed by atoms with Crippen LogP contribution in [-0.2, 0) is 6.54 Å². The minimum atomic E-state index is -1.01. The van der Waals surface area contributed by atoms with Crippen LogP contribution in [0.3, 0.4) is 0 Å². The SMILES string of the molecule is O[C@H]1[C@H](O)CN(Cc2cccs2)C[C@@H]1O. The molecule has 1 aliphatic heterocycles. The summed E-state index contributed by atoms with van der Waals surface area (Å²) < 4.78 is 0. The number of rotatable bonds is 2. The minimum Gasteiger partial charge on any atom is -0.389 e. The van der Waals surface area contributed by atoms with Gasteiger partial charge in [-0.3, -0.25) is 4.90 Å². The molecule has 0 unspecified atom stereocenters. The second kappa shape index (κ2) is 4.59. The zero-order valence-electron chi connectivity index (χ0n) is 8.28. The lowest BCUT2D eigenvalue weighted by Gasteiger charge is -2.36. The van der Waals surface area contributed by atoms with Crippen molar-refractivity contribution < 1.29 is 15.3 Å². The highest BCUT2D eigenvalue weighted by Crippen LogP contribution is 2.17. The van der Waals surface area contributed by atoms with E-state index in [1.807, 2.05) is 22.4 Å². The van der Waals surface area contributed by atoms with Crippen LogP contribution in [0.2, 0.25) is 0 Å². The smallest absolute Gasteiger partial charge is 0.108 e. The van der Waals surface area contributed by atoms with Gasteiger partial charge in [0.25, 0.3) is 0 Å². The molecule has 5 heteroatoms. The summed E-state index contributed by atoms with van der Waals surface area (Å²) in [4.78, 5) is 3.15. The zero-order chi connectivity index (χ0) is 10.8. The van der Waals surface area contributed by atoms with Gasteiger partial charge in [0, 0.05) is 24.5 Å². The van der Waals surface area contributed by atoms with Crippen LogP contribution in [0.4, 0.5) is 0 Å². The fourth-order valence-corrected chi connectivity index (χ4v) is 2.57. The Kier molecular flexibility index (Phi) is 3.38. The summed E-state index contributed by atoms with van der Waals surface area (Å²) in [6.07, 6.45) is -2.72. The molecule has 0 bridgehead atoms. The van der Waals surface area contributed by atoms with E-state index in [1.54, 1.807) is 11.3 Å². The third-order valence-corrected chi connectivity index (χ3v) is 3.50. The molecule has 1 aliphatic rings. The molecule has 1 saturated heterocycles. The number of likely N-dealkylation sites (tertiary alicyclic amines) is 1. The third kappa shape index (κ3) is 2.56. The molecule has 1 fully saturated rings. The summed E-state index contributed by atoms with van der Waals surface area (Å²) >= 11 is 1.65. The molecule has 0 saturated carbocycles. The molecule has 15 heavy (non-hydrogen) atoms. The van der Waals surface area contributed by atoms with Crippen molar-refractivity contribution in [3.8, 4) is 0 Å². The standard InChI is InChI=1S/C10H15NO3S/c12-8-5-11(6-9(13)10(8)14)4-7-2-1-3-15-7/h1-3,8-10,12-14H,4-6H2/t8-,9+,10+. The average Bonchev–Trinajstić information content (AvgIpc) is 2.66. The van der Waals surface area contributed by atoms with Gasteiger partial charge in [-0.1, -0.05) is 6.07 Å². The van der Waals surface area contributed by atoms with Crippen molar-refractivity contribution in [2.75, 3.05) is 13.1 Å². The lowest BCUT2D eigenvalue weighted by molar-refractivity contribution is -0.111. The van der Waals surface area contributed by atoms with Gasteiger partial charge in [0.05, 0.1) is 12.2 Å². The van der Waals surface area contributed by atoms with Gasteiger partial charge in [-0.25, -0.2) is 0 Å². The van der Waals surface area contributed by atoms with Crippen LogP contribution < -0.4 is 0 Å². The topological polar surface area (TPSA) is 63.9 Å². The molecule has 3 atom stereocenters. The van der Waals surface area contributed by atoms with E-state index < -0.39 is 18.3 Å². The molecule has 2 heterocycles. The molecular formula is C10H15NO3S. The van der Waals surface area contributed by atoms with Crippen molar-refractivity contribution in [1.82, 2.24) is 4.90 Å². The number of nitrogens with zero attached hydrogens (tertiary/aromatic N) is 1. The van der Waals surface area contributed by atoms with Crippen LogP contribution in [0.1, 0.15) is 4.88 Å². The summed E-state index contributed by atoms with van der Waals surface area (Å²) in [6, 6.07) is 4.00. The first-order valence-corrected chi connectivity index (χ1v) is 5.83. The summed E-state index contributed by atoms with van der Waals surface area (Å²) in [5.41, 5.74) is 0. The predicted octanol–water partition coefficient (Wildman–Crippen LogP) is -0.354. The molecule has 0 spiro atoms. The monoisotopic (exact) mass is 229 g/mol. The quantitative estimate of drug-likeness (QED) is 0.648. The van der Waals surface area contributed by atoms with Gasteiger partial charge >= 0.3 is 0 Å². The first kappa shape index (κ1) is 11.0. The number of hydrogen-bond donors (Lipinski definition) is 3. The predicted molar refractivity (Wildman–Crippen MR) is 57.6 cm³/mol. The Morgan fingerprint density at radius 2 is 1.93 bits per heavy atom. The summed E-state index contributed by atoms with van der Waals surface area (Å²) in [5, 5.41) is 30.4. The maximum atomic E-state index is 9.50. The molecule has 2 rings (SSSR count). The maximum Gasteiger partial charge on any atom is 0.108 e. The fourth-order valence-electron chi connectivity index (χ4n) is 1.83. The number of piperidine rings is 1. The van der Waals surface area contributed by atoms with E-state index in [0.29, 0.717) is 13.1 Å². The highest BCUT2D eigenvalue weighted by Gasteiger charge is 2.33. The first-order valence-electron chi connectivity index (χ1n) is 4.96. The Balaban J connectivity index is 1.94. The van der Waals surface area contributed by atoms with Crippen molar-refractivity contribution >= 4 is 11.3 Å². The maximum absolute atomic E-state index is 9.50. The number of aliphatic hydroxyl groups is 3. The molecule has 3 N–H and O–H groups in total. The van der Waals surface area contributed by atoms with E-state index in [2.05, 4.69) is 0 Å². The molecular weight excluding hydrogens is 214 g/mol. The van der Waals surface area contributed by atoms with Gasteiger partial charge in [-0.2, -0.15) is 0 Å². The lowest BCUT2D eigenvalue weighted by atomic mass is 10.0. The number of β-amino-alcohol motifs (C(OH)–C–C–N with tert-alkyl or cyclic N) is 2. The van der Waals surface area contributed by atoms with Crippen molar-refractivity contribution in [3.63, 3.8) is 0 Å². The molecule has 4 nitrogen and oxygen atoms in total. The van der Waals surface area contributed by atoms with E-state index in [4.69, 9.17) is 0 Å². The molecule has 1 aromatic heterocycles. The van der Waals surface area contributed by atoms with Crippen LogP contribution in [-0.4, -0.2) is 51.6 Å². The van der Waals surface area contributed by atoms with E-state index >= 15 is 0 Å². The van der Waals surface area contributed by atoms with E-state index in [9.17, 15) is 15.3 Å². The normalized spacial score (nSPS) is 33.1. The molecule has 0 amide bonds. The van der Waals surface area contributed by atoms with Gasteiger partial charge in [0.2, 0.25) is 0 Å². The Hall–Kier alpha value is -0.460. The van der Waals surface area contributed by atoms with Crippen molar-refractivity contribution in [1.29, 1.82) is 0 Å². The average molecular weight is 229 g/mol. The molecule has 1 aromatic rings.